The van der Waals surface area contributed by atoms with E-state index < -0.39 is 0 Å². The van der Waals surface area contributed by atoms with Crippen LogP contribution in [0.1, 0.15) is 35.7 Å². The number of halogens is 1. The van der Waals surface area contributed by atoms with Crippen LogP contribution in [0.2, 0.25) is 0 Å². The molecule has 0 saturated carbocycles. The SMILES string of the molecule is CC(N)CCC(=O)Nc1ccc(C(=O)NCCc2ccccc2)cc1.Cl. The van der Waals surface area contributed by atoms with Gasteiger partial charge in [-0.1, -0.05) is 30.3 Å². The number of anilines is 1. The summed E-state index contributed by atoms with van der Waals surface area (Å²) in [5.41, 5.74) is 8.07. The van der Waals surface area contributed by atoms with Crippen LogP contribution in [-0.2, 0) is 11.2 Å². The Hall–Kier alpha value is -2.37. The van der Waals surface area contributed by atoms with Crippen LogP contribution in [0.5, 0.6) is 0 Å². The number of benzene rings is 2. The predicted molar refractivity (Wildman–Crippen MR) is 108 cm³/mol. The Kier molecular flexibility index (Phi) is 9.41. The number of nitrogens with one attached hydrogen (secondary N) is 2. The topological polar surface area (TPSA) is 84.2 Å². The van der Waals surface area contributed by atoms with Crippen LogP contribution >= 0.6 is 12.4 Å². The lowest BCUT2D eigenvalue weighted by atomic mass is 10.1. The Balaban J connectivity index is 0.00000338. The number of amides is 2. The number of carbonyl (C=O) groups is 2. The van der Waals surface area contributed by atoms with Crippen molar-refractivity contribution in [2.45, 2.75) is 32.2 Å². The molecule has 0 aromatic heterocycles. The molecule has 2 amide bonds. The van der Waals surface area contributed by atoms with Crippen LogP contribution in [0.25, 0.3) is 0 Å². The molecule has 5 nitrogen and oxygen atoms in total. The first kappa shape index (κ1) is 21.7. The molecule has 0 bridgehead atoms. The zero-order valence-electron chi connectivity index (χ0n) is 14.9. The van der Waals surface area contributed by atoms with Crippen molar-refractivity contribution in [1.29, 1.82) is 0 Å². The summed E-state index contributed by atoms with van der Waals surface area (Å²) in [6.07, 6.45) is 1.83. The molecular weight excluding hydrogens is 350 g/mol. The summed E-state index contributed by atoms with van der Waals surface area (Å²) in [4.78, 5) is 23.9. The lowest BCUT2D eigenvalue weighted by Crippen LogP contribution is -2.25. The summed E-state index contributed by atoms with van der Waals surface area (Å²) in [7, 11) is 0. The molecule has 0 aliphatic rings. The lowest BCUT2D eigenvalue weighted by molar-refractivity contribution is -0.116. The molecule has 0 aliphatic heterocycles. The van der Waals surface area contributed by atoms with Gasteiger partial charge in [-0.05, 0) is 49.6 Å². The van der Waals surface area contributed by atoms with Crippen LogP contribution in [0.4, 0.5) is 5.69 Å². The number of hydrogen-bond acceptors (Lipinski definition) is 3. The summed E-state index contributed by atoms with van der Waals surface area (Å²) in [5.74, 6) is -0.192. The van der Waals surface area contributed by atoms with Gasteiger partial charge in [0.2, 0.25) is 5.91 Å². The highest BCUT2D eigenvalue weighted by atomic mass is 35.5. The molecule has 26 heavy (non-hydrogen) atoms. The monoisotopic (exact) mass is 375 g/mol. The van der Waals surface area contributed by atoms with Crippen molar-refractivity contribution in [1.82, 2.24) is 5.32 Å². The Morgan fingerprint density at radius 2 is 1.69 bits per heavy atom. The molecule has 0 spiro atoms. The third-order valence-corrected chi connectivity index (χ3v) is 3.80. The highest BCUT2D eigenvalue weighted by molar-refractivity contribution is 5.95. The van der Waals surface area contributed by atoms with Crippen LogP contribution in [0.3, 0.4) is 0 Å². The second kappa shape index (κ2) is 11.3. The van der Waals surface area contributed by atoms with E-state index in [1.807, 2.05) is 37.3 Å². The second-order valence-electron chi connectivity index (χ2n) is 6.13. The lowest BCUT2D eigenvalue weighted by Gasteiger charge is -2.08. The molecule has 0 radical (unpaired) electrons. The number of rotatable bonds is 8. The highest BCUT2D eigenvalue weighted by Gasteiger charge is 2.07. The van der Waals surface area contributed by atoms with Gasteiger partial charge in [0.05, 0.1) is 0 Å². The van der Waals surface area contributed by atoms with Crippen LogP contribution in [0, 0.1) is 0 Å². The fourth-order valence-electron chi connectivity index (χ4n) is 2.35. The third-order valence-electron chi connectivity index (χ3n) is 3.80. The average molecular weight is 376 g/mol. The maximum absolute atomic E-state index is 12.1. The van der Waals surface area contributed by atoms with Crippen LogP contribution < -0.4 is 16.4 Å². The molecule has 1 atom stereocenters. The van der Waals surface area contributed by atoms with Crippen molar-refractivity contribution < 1.29 is 9.59 Å². The molecule has 0 saturated heterocycles. The van der Waals surface area contributed by atoms with Gasteiger partial charge in [-0.2, -0.15) is 0 Å². The summed E-state index contributed by atoms with van der Waals surface area (Å²) < 4.78 is 0. The quantitative estimate of drug-likeness (QED) is 0.662. The Bertz CT molecular complexity index is 688. The summed E-state index contributed by atoms with van der Waals surface area (Å²) >= 11 is 0. The highest BCUT2D eigenvalue weighted by Crippen LogP contribution is 2.10. The average Bonchev–Trinajstić information content (AvgIpc) is 2.61. The zero-order chi connectivity index (χ0) is 18.1. The molecule has 1 unspecified atom stereocenters. The maximum atomic E-state index is 12.1. The summed E-state index contributed by atoms with van der Waals surface area (Å²) in [5, 5.41) is 5.70. The van der Waals surface area contributed by atoms with Gasteiger partial charge in [0.25, 0.3) is 5.91 Å². The maximum Gasteiger partial charge on any atom is 0.251 e. The predicted octanol–water partition coefficient (Wildman–Crippen LogP) is 3.15. The smallest absolute Gasteiger partial charge is 0.251 e. The molecule has 140 valence electrons. The van der Waals surface area contributed by atoms with E-state index in [0.29, 0.717) is 30.6 Å². The first-order chi connectivity index (χ1) is 12.0. The molecule has 0 aliphatic carbocycles. The van der Waals surface area contributed by atoms with Crippen LogP contribution in [0.15, 0.2) is 54.6 Å². The number of hydrogen-bond donors (Lipinski definition) is 3. The first-order valence-electron chi connectivity index (χ1n) is 8.52. The van der Waals surface area contributed by atoms with E-state index in [-0.39, 0.29) is 30.3 Å². The minimum atomic E-state index is -0.120. The van der Waals surface area contributed by atoms with Gasteiger partial charge in [-0.25, -0.2) is 0 Å². The van der Waals surface area contributed by atoms with E-state index in [4.69, 9.17) is 5.73 Å². The van der Waals surface area contributed by atoms with E-state index in [1.54, 1.807) is 24.3 Å². The molecule has 4 N–H and O–H groups in total. The fourth-order valence-corrected chi connectivity index (χ4v) is 2.35. The standard InChI is InChI=1S/C20H25N3O2.ClH/c1-15(21)7-12-19(24)23-18-10-8-17(9-11-18)20(25)22-14-13-16-5-3-2-4-6-16;/h2-6,8-11,15H,7,12-14,21H2,1H3,(H,22,25)(H,23,24);1H. The molecule has 2 aromatic carbocycles. The number of nitrogens with two attached hydrogens (primary N) is 1. The van der Waals surface area contributed by atoms with Gasteiger partial charge in [0.1, 0.15) is 0 Å². The summed E-state index contributed by atoms with van der Waals surface area (Å²) in [6, 6.07) is 16.9. The molecule has 2 aromatic rings. The van der Waals surface area contributed by atoms with Crippen molar-refractivity contribution >= 4 is 29.9 Å². The van der Waals surface area contributed by atoms with Gasteiger partial charge in [-0.15, -0.1) is 12.4 Å². The van der Waals surface area contributed by atoms with Gasteiger partial charge in [0.15, 0.2) is 0 Å². The minimum Gasteiger partial charge on any atom is -0.352 e. The fraction of sp³-hybridized carbons (Fsp3) is 0.300. The zero-order valence-corrected chi connectivity index (χ0v) is 15.7. The minimum absolute atomic E-state index is 0. The molecule has 2 rings (SSSR count). The van der Waals surface area contributed by atoms with E-state index in [9.17, 15) is 9.59 Å². The van der Waals surface area contributed by atoms with Crippen molar-refractivity contribution in [3.05, 3.63) is 65.7 Å². The Labute approximate surface area is 160 Å². The third kappa shape index (κ3) is 7.68. The van der Waals surface area contributed by atoms with Crippen molar-refractivity contribution in [2.24, 2.45) is 5.73 Å². The van der Waals surface area contributed by atoms with E-state index in [2.05, 4.69) is 10.6 Å². The van der Waals surface area contributed by atoms with Crippen LogP contribution in [-0.4, -0.2) is 24.4 Å². The van der Waals surface area contributed by atoms with Crippen molar-refractivity contribution in [3.63, 3.8) is 0 Å². The van der Waals surface area contributed by atoms with E-state index in [1.165, 1.54) is 5.56 Å². The largest absolute Gasteiger partial charge is 0.352 e. The van der Waals surface area contributed by atoms with Gasteiger partial charge < -0.3 is 16.4 Å². The molecule has 6 heteroatoms. The molecular formula is C20H26ClN3O2. The van der Waals surface area contributed by atoms with Crippen molar-refractivity contribution in [2.75, 3.05) is 11.9 Å². The first-order valence-corrected chi connectivity index (χ1v) is 8.52. The molecule has 0 fully saturated rings. The summed E-state index contributed by atoms with van der Waals surface area (Å²) in [6.45, 7) is 2.46. The Morgan fingerprint density at radius 1 is 1.04 bits per heavy atom. The van der Waals surface area contributed by atoms with Gasteiger partial charge in [0, 0.05) is 30.3 Å². The van der Waals surface area contributed by atoms with Gasteiger partial charge in [-0.3, -0.25) is 9.59 Å². The molecule has 0 heterocycles. The second-order valence-corrected chi connectivity index (χ2v) is 6.13. The van der Waals surface area contributed by atoms with Gasteiger partial charge >= 0.3 is 0 Å². The normalized spacial score (nSPS) is 11.2. The van der Waals surface area contributed by atoms with E-state index >= 15 is 0 Å². The number of carbonyl (C=O) groups excluding carboxylic acids is 2. The van der Waals surface area contributed by atoms with E-state index in [0.717, 1.165) is 6.42 Å². The Morgan fingerprint density at radius 3 is 2.31 bits per heavy atom. The van der Waals surface area contributed by atoms with Crippen molar-refractivity contribution in [3.8, 4) is 0 Å².